The number of nitrogens with one attached hydrogen (secondary N) is 1. The van der Waals surface area contributed by atoms with Gasteiger partial charge in [0.25, 0.3) is 0 Å². The van der Waals surface area contributed by atoms with E-state index in [-0.39, 0.29) is 11.9 Å². The molecule has 6 aliphatic heterocycles. The molecule has 6 atom stereocenters. The van der Waals surface area contributed by atoms with Crippen LogP contribution < -0.4 is 11.1 Å². The van der Waals surface area contributed by atoms with Gasteiger partial charge in [0.15, 0.2) is 17.7 Å². The van der Waals surface area contributed by atoms with Crippen molar-refractivity contribution in [3.05, 3.63) is 48.0 Å². The van der Waals surface area contributed by atoms with Crippen LogP contribution in [-0.4, -0.2) is 76.8 Å². The lowest BCUT2D eigenvalue weighted by Crippen LogP contribution is -2.43. The summed E-state index contributed by atoms with van der Waals surface area (Å²) in [5.41, 5.74) is 13.0. The van der Waals surface area contributed by atoms with Crippen LogP contribution in [0, 0.1) is 0 Å². The monoisotopic (exact) mass is 555 g/mol. The van der Waals surface area contributed by atoms with Crippen LogP contribution in [0.15, 0.2) is 63.0 Å². The summed E-state index contributed by atoms with van der Waals surface area (Å²) < 4.78 is 8.01. The van der Waals surface area contributed by atoms with Crippen LogP contribution in [0.2, 0.25) is 0 Å². The SMILES string of the molecule is Nc1ncnc2c1ncn2[C@@H]1O[C@H](CC23CCC(=N2)/C=C2/CC/C(=C/C4=NC(=C\C5=NC3CC5)/CC4)N2)[C@@H](O)[C@H]1O. The second-order valence-electron chi connectivity index (χ2n) is 11.9. The standard InChI is InChI=1S/C29H33N9O3/c30-26-23-27(32-13-31-26)38(14-33-23)28-25(40)24(39)21(41-28)12-29-8-7-20(37-29)11-18-4-3-16(35-18)9-15-1-2-17(34-15)10-19-5-6-22(29)36-19/h9-11,13-14,21-22,24-25,28,35,39-40H,1-8,12H2,(H2,30,31,32)/b16-9-,17-10-,18-11-/t21-,22?,24-,25-,28-,29?/m1/s1. The van der Waals surface area contributed by atoms with Gasteiger partial charge >= 0.3 is 0 Å². The van der Waals surface area contributed by atoms with E-state index in [9.17, 15) is 10.2 Å². The number of nitrogens with two attached hydrogens (primary N) is 1. The van der Waals surface area contributed by atoms with Crippen molar-refractivity contribution in [3.63, 3.8) is 0 Å². The van der Waals surface area contributed by atoms with Crippen molar-refractivity contribution in [2.75, 3.05) is 5.73 Å². The summed E-state index contributed by atoms with van der Waals surface area (Å²) in [5, 5.41) is 25.9. The van der Waals surface area contributed by atoms with Crippen LogP contribution in [0.1, 0.15) is 64.0 Å². The first-order valence-electron chi connectivity index (χ1n) is 14.5. The average molecular weight is 556 g/mol. The van der Waals surface area contributed by atoms with Crippen molar-refractivity contribution in [2.45, 2.75) is 93.9 Å². The van der Waals surface area contributed by atoms with E-state index in [1.807, 2.05) is 0 Å². The van der Waals surface area contributed by atoms with Crippen LogP contribution in [0.3, 0.4) is 0 Å². The number of aliphatic imine (C=N–C) groups is 3. The van der Waals surface area contributed by atoms with E-state index < -0.39 is 30.1 Å². The number of allylic oxidation sites excluding steroid dienone is 6. The van der Waals surface area contributed by atoms with Gasteiger partial charge in [-0.1, -0.05) is 0 Å². The maximum atomic E-state index is 11.2. The van der Waals surface area contributed by atoms with Crippen LogP contribution in [-0.2, 0) is 4.74 Å². The molecule has 212 valence electrons. The molecular formula is C29H33N9O3. The highest BCUT2D eigenvalue weighted by molar-refractivity contribution is 6.02. The molecule has 2 aromatic rings. The summed E-state index contributed by atoms with van der Waals surface area (Å²) in [6.07, 6.45) is 13.3. The Kier molecular flexibility index (Phi) is 5.73. The fraction of sp³-hybridized carbons (Fsp3) is 0.517. The Bertz CT molecular complexity index is 1620. The second kappa shape index (κ2) is 9.40. The van der Waals surface area contributed by atoms with Crippen molar-refractivity contribution in [1.29, 1.82) is 0 Å². The second-order valence-corrected chi connectivity index (χ2v) is 11.9. The molecule has 12 nitrogen and oxygen atoms in total. The molecule has 0 spiro atoms. The van der Waals surface area contributed by atoms with E-state index in [1.54, 1.807) is 4.57 Å². The van der Waals surface area contributed by atoms with Gasteiger partial charge < -0.3 is 26.0 Å². The van der Waals surface area contributed by atoms with E-state index in [2.05, 4.69) is 38.5 Å². The molecular weight excluding hydrogens is 522 g/mol. The first kappa shape index (κ1) is 25.0. The number of aliphatic hydroxyl groups is 2. The quantitative estimate of drug-likeness (QED) is 0.447. The number of ether oxygens (including phenoxy) is 1. The molecule has 0 aliphatic carbocycles. The first-order chi connectivity index (χ1) is 19.9. The molecule has 8 rings (SSSR count). The zero-order valence-electron chi connectivity index (χ0n) is 22.6. The summed E-state index contributed by atoms with van der Waals surface area (Å²) >= 11 is 0. The topological polar surface area (TPSA) is 168 Å². The van der Waals surface area contributed by atoms with Crippen molar-refractivity contribution in [1.82, 2.24) is 24.8 Å². The Labute approximate surface area is 236 Å². The van der Waals surface area contributed by atoms with Crippen LogP contribution in [0.5, 0.6) is 0 Å². The molecule has 2 aromatic heterocycles. The molecule has 0 radical (unpaired) electrons. The summed E-state index contributed by atoms with van der Waals surface area (Å²) in [7, 11) is 0. The summed E-state index contributed by atoms with van der Waals surface area (Å²) in [5.74, 6) is 0.248. The molecule has 8 bridgehead atoms. The molecule has 0 amide bonds. The smallest absolute Gasteiger partial charge is 0.167 e. The largest absolute Gasteiger partial charge is 0.388 e. The lowest BCUT2D eigenvalue weighted by molar-refractivity contribution is -0.0441. The first-order valence-corrected chi connectivity index (χ1v) is 14.5. The van der Waals surface area contributed by atoms with Crippen molar-refractivity contribution in [2.24, 2.45) is 15.0 Å². The van der Waals surface area contributed by atoms with Gasteiger partial charge in [0.1, 0.15) is 24.1 Å². The highest BCUT2D eigenvalue weighted by atomic mass is 16.6. The minimum absolute atomic E-state index is 0.0425. The highest BCUT2D eigenvalue weighted by Crippen LogP contribution is 2.44. The van der Waals surface area contributed by atoms with Gasteiger partial charge in [0.05, 0.1) is 24.0 Å². The number of nitrogen functional groups attached to an aromatic ring is 1. The lowest BCUT2D eigenvalue weighted by Gasteiger charge is -2.33. The zero-order chi connectivity index (χ0) is 27.7. The molecule has 2 saturated heterocycles. The fourth-order valence-corrected chi connectivity index (χ4v) is 7.19. The van der Waals surface area contributed by atoms with Gasteiger partial charge in [-0.25, -0.2) is 15.0 Å². The van der Waals surface area contributed by atoms with E-state index in [0.717, 1.165) is 74.2 Å². The molecule has 0 aromatic carbocycles. The van der Waals surface area contributed by atoms with E-state index >= 15 is 0 Å². The third-order valence-electron chi connectivity index (χ3n) is 9.27. The lowest BCUT2D eigenvalue weighted by atomic mass is 9.80. The maximum Gasteiger partial charge on any atom is 0.167 e. The van der Waals surface area contributed by atoms with Crippen LogP contribution in [0.4, 0.5) is 5.82 Å². The van der Waals surface area contributed by atoms with Crippen LogP contribution >= 0.6 is 0 Å². The molecule has 5 N–H and O–H groups in total. The number of imidazole rings is 1. The molecule has 8 heterocycles. The van der Waals surface area contributed by atoms with Crippen molar-refractivity contribution in [3.8, 4) is 0 Å². The Morgan fingerprint density at radius 1 is 0.951 bits per heavy atom. The third kappa shape index (κ3) is 4.23. The third-order valence-corrected chi connectivity index (χ3v) is 9.27. The van der Waals surface area contributed by atoms with Gasteiger partial charge in [-0.3, -0.25) is 19.5 Å². The maximum absolute atomic E-state index is 11.2. The van der Waals surface area contributed by atoms with Gasteiger partial charge in [0.2, 0.25) is 0 Å². The molecule has 12 heteroatoms. The summed E-state index contributed by atoms with van der Waals surface area (Å²) in [6.45, 7) is 0. The van der Waals surface area contributed by atoms with E-state index in [4.69, 9.17) is 25.4 Å². The van der Waals surface area contributed by atoms with Crippen LogP contribution in [0.25, 0.3) is 11.2 Å². The number of anilines is 1. The van der Waals surface area contributed by atoms with E-state index in [0.29, 0.717) is 17.6 Å². The van der Waals surface area contributed by atoms with Gasteiger partial charge in [-0.15, -0.1) is 0 Å². The zero-order valence-corrected chi connectivity index (χ0v) is 22.6. The number of rotatable bonds is 3. The Hall–Kier alpha value is -3.74. The van der Waals surface area contributed by atoms with Gasteiger partial charge in [-0.05, 0) is 69.6 Å². The Morgan fingerprint density at radius 2 is 1.80 bits per heavy atom. The molecule has 2 unspecified atom stereocenters. The normalized spacial score (nSPS) is 38.1. The average Bonchev–Trinajstić information content (AvgIpc) is 3.79. The predicted molar refractivity (Wildman–Crippen MR) is 153 cm³/mol. The molecule has 2 fully saturated rings. The predicted octanol–water partition coefficient (Wildman–Crippen LogP) is 2.28. The number of aliphatic hydroxyl groups excluding tert-OH is 2. The van der Waals surface area contributed by atoms with Crippen molar-refractivity contribution >= 4 is 34.1 Å². The minimum atomic E-state index is -1.17. The molecule has 41 heavy (non-hydrogen) atoms. The Balaban J connectivity index is 1.14. The fourth-order valence-electron chi connectivity index (χ4n) is 7.19. The highest BCUT2D eigenvalue weighted by Gasteiger charge is 2.52. The number of hydrogen-bond donors (Lipinski definition) is 4. The number of nitrogens with zero attached hydrogens (tertiary/aromatic N) is 7. The van der Waals surface area contributed by atoms with Gasteiger partial charge in [-0.2, -0.15) is 0 Å². The molecule has 6 aliphatic rings. The van der Waals surface area contributed by atoms with E-state index in [1.165, 1.54) is 24.0 Å². The van der Waals surface area contributed by atoms with Crippen molar-refractivity contribution < 1.29 is 14.9 Å². The number of aromatic nitrogens is 4. The summed E-state index contributed by atoms with van der Waals surface area (Å²) in [6, 6.07) is -0.0425. The number of fused-ring (bicyclic) bond motifs is 7. The number of hydrogen-bond acceptors (Lipinski definition) is 11. The minimum Gasteiger partial charge on any atom is -0.388 e. The summed E-state index contributed by atoms with van der Waals surface area (Å²) in [4.78, 5) is 28.0. The van der Waals surface area contributed by atoms with Gasteiger partial charge in [0, 0.05) is 40.6 Å². The molecule has 0 saturated carbocycles. The Morgan fingerprint density at radius 3 is 2.68 bits per heavy atom.